The molecule has 2 N–H and O–H groups in total. The molecule has 1 saturated heterocycles. The van der Waals surface area contributed by atoms with Gasteiger partial charge in [-0.3, -0.25) is 0 Å². The highest BCUT2D eigenvalue weighted by molar-refractivity contribution is 5.22. The number of rotatable bonds is 6. The second kappa shape index (κ2) is 6.88. The van der Waals surface area contributed by atoms with Gasteiger partial charge >= 0.3 is 0 Å². The largest absolute Gasteiger partial charge is 0.385 e. The second-order valence-corrected chi connectivity index (χ2v) is 5.12. The third-order valence-electron chi connectivity index (χ3n) is 3.87. The molecule has 1 aromatic rings. The van der Waals surface area contributed by atoms with Gasteiger partial charge in [0.25, 0.3) is 0 Å². The predicted octanol–water partition coefficient (Wildman–Crippen LogP) is 1.70. The third kappa shape index (κ3) is 3.31. The summed E-state index contributed by atoms with van der Waals surface area (Å²) < 4.78 is 5.11. The van der Waals surface area contributed by atoms with Gasteiger partial charge in [-0.25, -0.2) is 0 Å². The van der Waals surface area contributed by atoms with Crippen molar-refractivity contribution in [1.29, 1.82) is 0 Å². The van der Waals surface area contributed by atoms with Crippen LogP contribution in [0.15, 0.2) is 30.3 Å². The van der Waals surface area contributed by atoms with E-state index < -0.39 is 0 Å². The Kier molecular flexibility index (Phi) is 5.17. The van der Waals surface area contributed by atoms with Crippen LogP contribution in [-0.4, -0.2) is 44.8 Å². The lowest BCUT2D eigenvalue weighted by molar-refractivity contribution is 0.178. The summed E-state index contributed by atoms with van der Waals surface area (Å²) in [6, 6.07) is 10.8. The Morgan fingerprint density at radius 1 is 1.28 bits per heavy atom. The maximum absolute atomic E-state index is 5.93. The van der Waals surface area contributed by atoms with E-state index in [9.17, 15) is 0 Å². The summed E-state index contributed by atoms with van der Waals surface area (Å²) in [6.45, 7) is 5.00. The smallest absolute Gasteiger partial charge is 0.0474 e. The Morgan fingerprint density at radius 3 is 2.72 bits per heavy atom. The molecule has 3 heteroatoms. The average molecular weight is 248 g/mol. The molecule has 18 heavy (non-hydrogen) atoms. The fourth-order valence-electron chi connectivity index (χ4n) is 2.89. The second-order valence-electron chi connectivity index (χ2n) is 5.12. The van der Waals surface area contributed by atoms with Crippen molar-refractivity contribution < 1.29 is 4.74 Å². The minimum absolute atomic E-state index is 0.593. The molecule has 0 aromatic heterocycles. The number of ether oxygens (including phenoxy) is 1. The van der Waals surface area contributed by atoms with Crippen molar-refractivity contribution in [2.75, 3.05) is 39.9 Å². The summed E-state index contributed by atoms with van der Waals surface area (Å²) in [5.41, 5.74) is 7.36. The van der Waals surface area contributed by atoms with Gasteiger partial charge in [-0.05, 0) is 24.4 Å². The van der Waals surface area contributed by atoms with Crippen LogP contribution in [0.5, 0.6) is 0 Å². The molecule has 1 heterocycles. The van der Waals surface area contributed by atoms with Gasteiger partial charge in [-0.1, -0.05) is 30.3 Å². The molecule has 1 fully saturated rings. The zero-order valence-electron chi connectivity index (χ0n) is 11.2. The van der Waals surface area contributed by atoms with Crippen molar-refractivity contribution in [1.82, 2.24) is 4.90 Å². The minimum Gasteiger partial charge on any atom is -0.385 e. The number of nitrogens with two attached hydrogens (primary N) is 1. The number of methoxy groups -OCH3 is 1. The SMILES string of the molecule is COCCCN1C[C@@H](CN)[C@H](c2ccccc2)C1. The molecule has 0 bridgehead atoms. The molecule has 0 spiro atoms. The van der Waals surface area contributed by atoms with Crippen LogP contribution in [0.1, 0.15) is 17.9 Å². The first kappa shape index (κ1) is 13.5. The number of likely N-dealkylation sites (tertiary alicyclic amines) is 1. The van der Waals surface area contributed by atoms with Gasteiger partial charge in [0, 0.05) is 39.3 Å². The average Bonchev–Trinajstić information content (AvgIpc) is 2.83. The Bertz CT molecular complexity index is 342. The van der Waals surface area contributed by atoms with E-state index in [1.54, 1.807) is 7.11 Å². The van der Waals surface area contributed by atoms with Crippen LogP contribution in [0.25, 0.3) is 0 Å². The maximum atomic E-state index is 5.93. The maximum Gasteiger partial charge on any atom is 0.0474 e. The van der Waals surface area contributed by atoms with Crippen molar-refractivity contribution >= 4 is 0 Å². The van der Waals surface area contributed by atoms with Crippen molar-refractivity contribution in [2.24, 2.45) is 11.7 Å². The lowest BCUT2D eigenvalue weighted by Crippen LogP contribution is -2.24. The molecule has 1 aliphatic heterocycles. The number of benzene rings is 1. The van der Waals surface area contributed by atoms with Crippen molar-refractivity contribution in [3.8, 4) is 0 Å². The van der Waals surface area contributed by atoms with Crippen LogP contribution in [0.3, 0.4) is 0 Å². The molecular formula is C15H24N2O. The minimum atomic E-state index is 0.593. The number of nitrogens with zero attached hydrogens (tertiary/aromatic N) is 1. The molecule has 100 valence electrons. The van der Waals surface area contributed by atoms with Crippen molar-refractivity contribution in [3.63, 3.8) is 0 Å². The first-order valence-electron chi connectivity index (χ1n) is 6.81. The topological polar surface area (TPSA) is 38.5 Å². The molecule has 0 unspecified atom stereocenters. The number of hydrogen-bond donors (Lipinski definition) is 1. The van der Waals surface area contributed by atoms with E-state index in [-0.39, 0.29) is 0 Å². The quantitative estimate of drug-likeness (QED) is 0.779. The van der Waals surface area contributed by atoms with Gasteiger partial charge in [-0.2, -0.15) is 0 Å². The van der Waals surface area contributed by atoms with Crippen molar-refractivity contribution in [2.45, 2.75) is 12.3 Å². The van der Waals surface area contributed by atoms with E-state index in [0.717, 1.165) is 39.2 Å². The van der Waals surface area contributed by atoms with Gasteiger partial charge in [-0.15, -0.1) is 0 Å². The molecule has 0 aliphatic carbocycles. The zero-order valence-corrected chi connectivity index (χ0v) is 11.2. The van der Waals surface area contributed by atoms with Crippen LogP contribution in [0.4, 0.5) is 0 Å². The third-order valence-corrected chi connectivity index (χ3v) is 3.87. The van der Waals surface area contributed by atoms with Crippen LogP contribution in [0, 0.1) is 5.92 Å². The van der Waals surface area contributed by atoms with Gasteiger partial charge in [0.05, 0.1) is 0 Å². The summed E-state index contributed by atoms with van der Waals surface area (Å²) in [7, 11) is 1.76. The Hall–Kier alpha value is -0.900. The van der Waals surface area contributed by atoms with Crippen LogP contribution < -0.4 is 5.73 Å². The molecule has 0 amide bonds. The molecule has 0 radical (unpaired) electrons. The first-order valence-corrected chi connectivity index (χ1v) is 6.81. The molecule has 3 nitrogen and oxygen atoms in total. The van der Waals surface area contributed by atoms with Gasteiger partial charge in [0.15, 0.2) is 0 Å². The molecule has 2 atom stereocenters. The summed E-state index contributed by atoms with van der Waals surface area (Å²) in [4.78, 5) is 2.52. The monoisotopic (exact) mass is 248 g/mol. The highest BCUT2D eigenvalue weighted by atomic mass is 16.5. The Labute approximate surface area is 110 Å². The molecule has 0 saturated carbocycles. The summed E-state index contributed by atoms with van der Waals surface area (Å²) in [6.07, 6.45) is 1.11. The fourth-order valence-corrected chi connectivity index (χ4v) is 2.89. The summed E-state index contributed by atoms with van der Waals surface area (Å²) in [5, 5.41) is 0. The van der Waals surface area contributed by atoms with E-state index in [1.807, 2.05) is 0 Å². The van der Waals surface area contributed by atoms with E-state index in [0.29, 0.717) is 11.8 Å². The normalized spacial score (nSPS) is 24.6. The van der Waals surface area contributed by atoms with E-state index in [2.05, 4.69) is 35.2 Å². The number of hydrogen-bond acceptors (Lipinski definition) is 3. The lowest BCUT2D eigenvalue weighted by Gasteiger charge is -2.16. The summed E-state index contributed by atoms with van der Waals surface area (Å²) >= 11 is 0. The zero-order chi connectivity index (χ0) is 12.8. The fraction of sp³-hybridized carbons (Fsp3) is 0.600. The van der Waals surface area contributed by atoms with Crippen molar-refractivity contribution in [3.05, 3.63) is 35.9 Å². The van der Waals surface area contributed by atoms with Crippen LogP contribution in [0.2, 0.25) is 0 Å². The molecule has 1 aliphatic rings. The molecule has 2 rings (SSSR count). The molecular weight excluding hydrogens is 224 g/mol. The standard InChI is InChI=1S/C15H24N2O/c1-18-9-5-8-17-11-14(10-16)15(12-17)13-6-3-2-4-7-13/h2-4,6-7,14-15H,5,8-12,16H2,1H3/t14-,15+/m1/s1. The Balaban J connectivity index is 1.94. The van der Waals surface area contributed by atoms with Gasteiger partial charge in [0.2, 0.25) is 0 Å². The summed E-state index contributed by atoms with van der Waals surface area (Å²) in [5.74, 6) is 1.19. The lowest BCUT2D eigenvalue weighted by atomic mass is 9.89. The molecule has 1 aromatic carbocycles. The van der Waals surface area contributed by atoms with Crippen LogP contribution in [-0.2, 0) is 4.74 Å². The first-order chi connectivity index (χ1) is 8.85. The van der Waals surface area contributed by atoms with E-state index in [1.165, 1.54) is 5.56 Å². The van der Waals surface area contributed by atoms with Gasteiger partial charge < -0.3 is 15.4 Å². The van der Waals surface area contributed by atoms with E-state index in [4.69, 9.17) is 10.5 Å². The Morgan fingerprint density at radius 2 is 2.06 bits per heavy atom. The highest BCUT2D eigenvalue weighted by Crippen LogP contribution is 2.31. The van der Waals surface area contributed by atoms with Gasteiger partial charge in [0.1, 0.15) is 0 Å². The highest BCUT2D eigenvalue weighted by Gasteiger charge is 2.32. The predicted molar refractivity (Wildman–Crippen MR) is 74.7 cm³/mol. The van der Waals surface area contributed by atoms with Crippen LogP contribution >= 0.6 is 0 Å². The van der Waals surface area contributed by atoms with E-state index >= 15 is 0 Å².